The van der Waals surface area contributed by atoms with Crippen molar-refractivity contribution in [2.45, 2.75) is 0 Å². The van der Waals surface area contributed by atoms with Crippen LogP contribution in [0.3, 0.4) is 0 Å². The number of hydrogen-bond acceptors (Lipinski definition) is 5. The Morgan fingerprint density at radius 1 is 0.400 bits per heavy atom. The molecule has 3 aliphatic heterocycles. The van der Waals surface area contributed by atoms with E-state index in [0.717, 1.165) is 111 Å². The molecule has 0 atom stereocenters. The number of benzene rings is 8. The molecule has 50 heavy (non-hydrogen) atoms. The minimum absolute atomic E-state index is 0.146. The second kappa shape index (κ2) is 8.68. The standard InChI is InChI=1S/C44H22BNO4/c1-2-13-27(14-3-1)46-41-39-36(21-30-28-17-23-9-4-6-11-25(23)19-34(28)49-43(30)41)47-32-15-8-16-33-38(32)45(39)40-37(48-33)22-31-29-18-24-10-5-7-12-26(24)20-35(29)50-44(31)42(40)46/h1-22H. The van der Waals surface area contributed by atoms with Crippen molar-refractivity contribution in [3.8, 4) is 23.0 Å². The molecule has 0 spiro atoms. The van der Waals surface area contributed by atoms with Crippen LogP contribution in [0.15, 0.2) is 142 Å². The van der Waals surface area contributed by atoms with Gasteiger partial charge in [-0.3, -0.25) is 0 Å². The van der Waals surface area contributed by atoms with Gasteiger partial charge in [-0.15, -0.1) is 0 Å². The van der Waals surface area contributed by atoms with Gasteiger partial charge in [0.2, 0.25) is 0 Å². The van der Waals surface area contributed by atoms with Gasteiger partial charge in [-0.2, -0.15) is 0 Å². The number of ether oxygens (including phenoxy) is 2. The third kappa shape index (κ3) is 3.02. The molecule has 8 aromatic carbocycles. The highest BCUT2D eigenvalue weighted by Gasteiger charge is 2.50. The highest BCUT2D eigenvalue weighted by molar-refractivity contribution is 7.01. The van der Waals surface area contributed by atoms with E-state index in [9.17, 15) is 0 Å². The smallest absolute Gasteiger partial charge is 0.266 e. The maximum Gasteiger partial charge on any atom is 0.266 e. The maximum absolute atomic E-state index is 6.99. The lowest BCUT2D eigenvalue weighted by Crippen LogP contribution is -2.61. The quantitative estimate of drug-likeness (QED) is 0.167. The van der Waals surface area contributed by atoms with Crippen LogP contribution in [0.1, 0.15) is 0 Å². The summed E-state index contributed by atoms with van der Waals surface area (Å²) in [5.74, 6) is 3.27. The van der Waals surface area contributed by atoms with Gasteiger partial charge < -0.3 is 23.2 Å². The predicted molar refractivity (Wildman–Crippen MR) is 202 cm³/mol. The largest absolute Gasteiger partial charge is 0.458 e. The van der Waals surface area contributed by atoms with Crippen molar-refractivity contribution >= 4 is 106 Å². The minimum atomic E-state index is -0.146. The molecule has 10 aromatic rings. The van der Waals surface area contributed by atoms with Crippen LogP contribution in [0.4, 0.5) is 17.1 Å². The molecule has 0 bridgehead atoms. The van der Waals surface area contributed by atoms with E-state index < -0.39 is 0 Å². The molecule has 2 aromatic heterocycles. The first-order chi connectivity index (χ1) is 24.8. The summed E-state index contributed by atoms with van der Waals surface area (Å²) in [6.07, 6.45) is 0. The Kier molecular flexibility index (Phi) is 4.40. The first kappa shape index (κ1) is 25.4. The Morgan fingerprint density at radius 3 is 1.40 bits per heavy atom. The molecule has 6 heteroatoms. The van der Waals surface area contributed by atoms with E-state index in [1.165, 1.54) is 10.8 Å². The summed E-state index contributed by atoms with van der Waals surface area (Å²) in [4.78, 5) is 2.33. The zero-order chi connectivity index (χ0) is 32.2. The number of para-hydroxylation sites is 1. The topological polar surface area (TPSA) is 48.0 Å². The summed E-state index contributed by atoms with van der Waals surface area (Å²) >= 11 is 0. The molecular weight excluding hydrogens is 617 g/mol. The fourth-order valence-electron chi connectivity index (χ4n) is 8.91. The van der Waals surface area contributed by atoms with Gasteiger partial charge in [-0.1, -0.05) is 72.8 Å². The third-order valence-electron chi connectivity index (χ3n) is 11.0. The summed E-state index contributed by atoms with van der Waals surface area (Å²) in [5.41, 5.74) is 9.43. The summed E-state index contributed by atoms with van der Waals surface area (Å²) < 4.78 is 27.7. The summed E-state index contributed by atoms with van der Waals surface area (Å²) in [6.45, 7) is -0.146. The SMILES string of the molecule is c1ccc(N2c3c4c(cc5c3oc3cc6ccccc6cc35)Oc3cccc5c3B4c3c(cc4c(oc6cc7ccccc7cc64)c32)O5)cc1. The molecule has 0 saturated carbocycles. The molecule has 0 unspecified atom stereocenters. The summed E-state index contributed by atoms with van der Waals surface area (Å²) in [5, 5.41) is 8.75. The molecule has 0 N–H and O–H groups in total. The van der Waals surface area contributed by atoms with Gasteiger partial charge in [0.05, 0.1) is 11.4 Å². The highest BCUT2D eigenvalue weighted by atomic mass is 16.5. The number of fused-ring (bicyclic) bond motifs is 10. The van der Waals surface area contributed by atoms with E-state index in [2.05, 4.69) is 132 Å². The number of anilines is 3. The van der Waals surface area contributed by atoms with Gasteiger partial charge in [-0.25, -0.2) is 0 Å². The first-order valence-electron chi connectivity index (χ1n) is 16.9. The zero-order valence-corrected chi connectivity index (χ0v) is 26.4. The minimum Gasteiger partial charge on any atom is -0.458 e. The van der Waals surface area contributed by atoms with Crippen molar-refractivity contribution in [3.05, 3.63) is 133 Å². The van der Waals surface area contributed by atoms with Crippen molar-refractivity contribution in [2.24, 2.45) is 0 Å². The molecule has 0 fully saturated rings. The van der Waals surface area contributed by atoms with Crippen LogP contribution in [0, 0.1) is 0 Å². The van der Waals surface area contributed by atoms with Gasteiger partial charge in [0.1, 0.15) is 34.2 Å². The maximum atomic E-state index is 6.99. The molecule has 0 saturated heterocycles. The van der Waals surface area contributed by atoms with Crippen LogP contribution < -0.4 is 30.8 Å². The molecule has 0 radical (unpaired) electrons. The van der Waals surface area contributed by atoms with Crippen LogP contribution in [-0.4, -0.2) is 6.71 Å². The summed E-state index contributed by atoms with van der Waals surface area (Å²) in [6, 6.07) is 46.7. The van der Waals surface area contributed by atoms with Gasteiger partial charge in [-0.05, 0) is 82.2 Å². The monoisotopic (exact) mass is 639 g/mol. The Morgan fingerprint density at radius 2 is 0.880 bits per heavy atom. The van der Waals surface area contributed by atoms with Gasteiger partial charge in [0, 0.05) is 43.6 Å². The average molecular weight is 639 g/mol. The molecule has 5 nitrogen and oxygen atoms in total. The highest BCUT2D eigenvalue weighted by Crippen LogP contribution is 2.53. The van der Waals surface area contributed by atoms with Crippen molar-refractivity contribution in [3.63, 3.8) is 0 Å². The molecule has 0 aliphatic carbocycles. The van der Waals surface area contributed by atoms with Crippen LogP contribution >= 0.6 is 0 Å². The van der Waals surface area contributed by atoms with Crippen molar-refractivity contribution in [2.75, 3.05) is 4.90 Å². The molecular formula is C44H22BNO4. The van der Waals surface area contributed by atoms with Crippen LogP contribution in [0.5, 0.6) is 23.0 Å². The van der Waals surface area contributed by atoms with E-state index in [4.69, 9.17) is 18.3 Å². The second-order valence-electron chi connectivity index (χ2n) is 13.6. The first-order valence-corrected chi connectivity index (χ1v) is 16.9. The van der Waals surface area contributed by atoms with E-state index in [-0.39, 0.29) is 6.71 Å². The van der Waals surface area contributed by atoms with E-state index in [1.807, 2.05) is 6.07 Å². The van der Waals surface area contributed by atoms with Crippen molar-refractivity contribution < 1.29 is 18.3 Å². The number of hydrogen-bond donors (Lipinski definition) is 0. The summed E-state index contributed by atoms with van der Waals surface area (Å²) in [7, 11) is 0. The molecule has 13 rings (SSSR count). The molecule has 230 valence electrons. The van der Waals surface area contributed by atoms with Crippen LogP contribution in [0.25, 0.3) is 65.4 Å². The second-order valence-corrected chi connectivity index (χ2v) is 13.6. The Bertz CT molecular complexity index is 2990. The fraction of sp³-hybridized carbons (Fsp3) is 0. The molecule has 3 aliphatic rings. The molecule has 5 heterocycles. The Hall–Kier alpha value is -6.66. The van der Waals surface area contributed by atoms with E-state index in [0.29, 0.717) is 0 Å². The Balaban J connectivity index is 1.25. The lowest BCUT2D eigenvalue weighted by Gasteiger charge is -2.42. The van der Waals surface area contributed by atoms with Crippen molar-refractivity contribution in [1.29, 1.82) is 0 Å². The van der Waals surface area contributed by atoms with Gasteiger partial charge >= 0.3 is 0 Å². The van der Waals surface area contributed by atoms with Gasteiger partial charge in [0.25, 0.3) is 6.71 Å². The lowest BCUT2D eigenvalue weighted by molar-refractivity contribution is 0.464. The zero-order valence-electron chi connectivity index (χ0n) is 26.4. The molecule has 0 amide bonds. The number of nitrogens with zero attached hydrogens (tertiary/aromatic N) is 1. The van der Waals surface area contributed by atoms with E-state index >= 15 is 0 Å². The number of rotatable bonds is 1. The Labute approximate surface area is 284 Å². The normalized spacial score (nSPS) is 13.8. The lowest BCUT2D eigenvalue weighted by atomic mass is 9.33. The van der Waals surface area contributed by atoms with Gasteiger partial charge in [0.15, 0.2) is 11.2 Å². The van der Waals surface area contributed by atoms with E-state index in [1.54, 1.807) is 0 Å². The van der Waals surface area contributed by atoms with Crippen LogP contribution in [0.2, 0.25) is 0 Å². The predicted octanol–water partition coefficient (Wildman–Crippen LogP) is 10.3. The number of furan rings is 2. The fourth-order valence-corrected chi connectivity index (χ4v) is 8.91. The third-order valence-corrected chi connectivity index (χ3v) is 11.0. The van der Waals surface area contributed by atoms with Crippen molar-refractivity contribution in [1.82, 2.24) is 0 Å². The van der Waals surface area contributed by atoms with Crippen LogP contribution in [-0.2, 0) is 0 Å². The average Bonchev–Trinajstić information content (AvgIpc) is 3.70.